The molecule has 1 fully saturated rings. The maximum Gasteiger partial charge on any atom is 0.415 e. The number of nitrogens with one attached hydrogen (secondary N) is 1. The standard InChI is InChI=1S/C21H23N7O2/c1-3-13-10-14(30-21(29)27(2)17-6-4-5-8-22-17)11-15(13)20-26-25-18-12-24-19-16(28(18)20)7-9-23-19/h4-9,12-15,23H,3,10-11H2,1-2H3/t13-,14+,15+/m1/s1. The molecule has 1 amide bonds. The summed E-state index contributed by atoms with van der Waals surface area (Å²) < 4.78 is 7.91. The van der Waals surface area contributed by atoms with Gasteiger partial charge in [-0.25, -0.2) is 14.8 Å². The average molecular weight is 405 g/mol. The monoisotopic (exact) mass is 405 g/mol. The number of rotatable bonds is 4. The summed E-state index contributed by atoms with van der Waals surface area (Å²) in [6, 6.07) is 7.43. The molecule has 0 saturated heterocycles. The van der Waals surface area contributed by atoms with Gasteiger partial charge in [-0.05, 0) is 37.0 Å². The minimum Gasteiger partial charge on any atom is -0.446 e. The highest BCUT2D eigenvalue weighted by atomic mass is 16.6. The largest absolute Gasteiger partial charge is 0.446 e. The number of anilines is 1. The van der Waals surface area contributed by atoms with Crippen molar-refractivity contribution in [1.29, 1.82) is 0 Å². The van der Waals surface area contributed by atoms with Gasteiger partial charge in [-0.15, -0.1) is 10.2 Å². The Balaban J connectivity index is 1.39. The Morgan fingerprint density at radius 1 is 1.27 bits per heavy atom. The van der Waals surface area contributed by atoms with E-state index in [1.54, 1.807) is 25.5 Å². The van der Waals surface area contributed by atoms with Crippen LogP contribution in [-0.4, -0.2) is 48.8 Å². The van der Waals surface area contributed by atoms with Gasteiger partial charge < -0.3 is 9.72 Å². The van der Waals surface area contributed by atoms with E-state index in [9.17, 15) is 4.79 Å². The second-order valence-corrected chi connectivity index (χ2v) is 7.72. The summed E-state index contributed by atoms with van der Waals surface area (Å²) in [7, 11) is 1.68. The van der Waals surface area contributed by atoms with Crippen LogP contribution < -0.4 is 4.90 Å². The molecule has 1 aliphatic rings. The van der Waals surface area contributed by atoms with E-state index in [1.165, 1.54) is 4.90 Å². The van der Waals surface area contributed by atoms with Crippen molar-refractivity contribution >= 4 is 28.7 Å². The quantitative estimate of drug-likeness (QED) is 0.557. The lowest BCUT2D eigenvalue weighted by Gasteiger charge is -2.19. The first-order valence-corrected chi connectivity index (χ1v) is 10.2. The van der Waals surface area contributed by atoms with Gasteiger partial charge in [0, 0.05) is 25.4 Å². The molecule has 0 spiro atoms. The molecule has 30 heavy (non-hydrogen) atoms. The Morgan fingerprint density at radius 3 is 2.97 bits per heavy atom. The fraction of sp³-hybridized carbons (Fsp3) is 0.381. The molecular formula is C21H23N7O2. The van der Waals surface area contributed by atoms with E-state index in [1.807, 2.05) is 24.4 Å². The number of carbonyl (C=O) groups excluding carboxylic acids is 1. The lowest BCUT2D eigenvalue weighted by Crippen LogP contribution is -2.30. The lowest BCUT2D eigenvalue weighted by molar-refractivity contribution is 0.105. The Labute approximate surface area is 173 Å². The smallest absolute Gasteiger partial charge is 0.415 e. The first kappa shape index (κ1) is 18.5. The van der Waals surface area contributed by atoms with Crippen molar-refractivity contribution in [2.75, 3.05) is 11.9 Å². The maximum atomic E-state index is 12.7. The molecule has 0 unspecified atom stereocenters. The van der Waals surface area contributed by atoms with Crippen LogP contribution >= 0.6 is 0 Å². The van der Waals surface area contributed by atoms with Crippen molar-refractivity contribution in [3.63, 3.8) is 0 Å². The van der Waals surface area contributed by atoms with E-state index in [-0.39, 0.29) is 12.0 Å². The van der Waals surface area contributed by atoms with Crippen molar-refractivity contribution in [3.05, 3.63) is 48.7 Å². The van der Waals surface area contributed by atoms with Gasteiger partial charge in [0.15, 0.2) is 11.3 Å². The van der Waals surface area contributed by atoms with E-state index in [2.05, 4.69) is 36.5 Å². The van der Waals surface area contributed by atoms with Crippen LogP contribution in [0.1, 0.15) is 37.9 Å². The highest BCUT2D eigenvalue weighted by Crippen LogP contribution is 2.42. The van der Waals surface area contributed by atoms with E-state index in [0.29, 0.717) is 11.7 Å². The summed E-state index contributed by atoms with van der Waals surface area (Å²) >= 11 is 0. The number of carbonyl (C=O) groups is 1. The van der Waals surface area contributed by atoms with Crippen molar-refractivity contribution in [2.24, 2.45) is 5.92 Å². The second kappa shape index (κ2) is 7.40. The summed E-state index contributed by atoms with van der Waals surface area (Å²) in [5.41, 5.74) is 2.48. The third kappa shape index (κ3) is 3.06. The molecule has 0 radical (unpaired) electrons. The van der Waals surface area contributed by atoms with Crippen LogP contribution in [-0.2, 0) is 4.74 Å². The van der Waals surface area contributed by atoms with E-state index in [0.717, 1.165) is 41.9 Å². The molecule has 1 saturated carbocycles. The molecule has 9 heteroatoms. The van der Waals surface area contributed by atoms with Gasteiger partial charge in [0.2, 0.25) is 0 Å². The molecular weight excluding hydrogens is 382 g/mol. The summed E-state index contributed by atoms with van der Waals surface area (Å²) in [6.45, 7) is 2.17. The Morgan fingerprint density at radius 2 is 2.17 bits per heavy atom. The molecule has 3 atom stereocenters. The van der Waals surface area contributed by atoms with Gasteiger partial charge in [-0.1, -0.05) is 19.4 Å². The normalized spacial score (nSPS) is 21.3. The third-order valence-electron chi connectivity index (χ3n) is 6.01. The maximum absolute atomic E-state index is 12.7. The number of H-pyrrole nitrogens is 1. The van der Waals surface area contributed by atoms with E-state index < -0.39 is 6.09 Å². The zero-order chi connectivity index (χ0) is 20.7. The molecule has 1 aliphatic carbocycles. The van der Waals surface area contributed by atoms with Crippen molar-refractivity contribution in [3.8, 4) is 0 Å². The second-order valence-electron chi connectivity index (χ2n) is 7.72. The first-order valence-electron chi connectivity index (χ1n) is 10.2. The molecule has 0 aliphatic heterocycles. The van der Waals surface area contributed by atoms with Crippen LogP contribution in [0.5, 0.6) is 0 Å². The van der Waals surface area contributed by atoms with Gasteiger partial charge >= 0.3 is 6.09 Å². The number of hydrogen-bond acceptors (Lipinski definition) is 6. The number of ether oxygens (including phenoxy) is 1. The van der Waals surface area contributed by atoms with Crippen LogP contribution in [0.4, 0.5) is 10.6 Å². The summed E-state index contributed by atoms with van der Waals surface area (Å²) in [6.07, 6.45) is 7.19. The van der Waals surface area contributed by atoms with Gasteiger partial charge in [-0.3, -0.25) is 9.30 Å². The molecule has 4 heterocycles. The zero-order valence-corrected chi connectivity index (χ0v) is 16.9. The van der Waals surface area contributed by atoms with Gasteiger partial charge in [0.25, 0.3) is 0 Å². The van der Waals surface area contributed by atoms with Crippen LogP contribution in [0.2, 0.25) is 0 Å². The SMILES string of the molecule is CC[C@@H]1C[C@H](OC(=O)N(C)c2ccccn2)C[C@@H]1c1nnc2cnc3[nH]ccc3n12. The van der Waals surface area contributed by atoms with Crippen molar-refractivity contribution < 1.29 is 9.53 Å². The van der Waals surface area contributed by atoms with Crippen LogP contribution in [0.25, 0.3) is 16.8 Å². The Bertz CT molecular complexity index is 1190. The number of nitrogens with zero attached hydrogens (tertiary/aromatic N) is 6. The molecule has 1 N–H and O–H groups in total. The third-order valence-corrected chi connectivity index (χ3v) is 6.01. The lowest BCUT2D eigenvalue weighted by atomic mass is 9.93. The number of aromatic nitrogens is 6. The number of pyridine rings is 1. The highest BCUT2D eigenvalue weighted by Gasteiger charge is 2.39. The number of hydrogen-bond donors (Lipinski definition) is 1. The number of amides is 1. The summed E-state index contributed by atoms with van der Waals surface area (Å²) in [5, 5.41) is 8.83. The predicted molar refractivity (Wildman–Crippen MR) is 111 cm³/mol. The topological polar surface area (TPSA) is 101 Å². The number of aromatic amines is 1. The van der Waals surface area contributed by atoms with Gasteiger partial charge in [0.05, 0.1) is 11.7 Å². The van der Waals surface area contributed by atoms with Gasteiger partial charge in [-0.2, -0.15) is 0 Å². The fourth-order valence-corrected chi connectivity index (χ4v) is 4.44. The fourth-order valence-electron chi connectivity index (χ4n) is 4.44. The minimum absolute atomic E-state index is 0.156. The molecule has 4 aromatic heterocycles. The molecule has 5 rings (SSSR count). The van der Waals surface area contributed by atoms with Crippen LogP contribution in [0.3, 0.4) is 0 Å². The molecule has 154 valence electrons. The Kier molecular flexibility index (Phi) is 4.57. The number of fused-ring (bicyclic) bond motifs is 3. The van der Waals surface area contributed by atoms with Crippen LogP contribution in [0, 0.1) is 5.92 Å². The minimum atomic E-state index is -0.391. The van der Waals surface area contributed by atoms with Gasteiger partial charge in [0.1, 0.15) is 17.7 Å². The van der Waals surface area contributed by atoms with E-state index in [4.69, 9.17) is 4.74 Å². The summed E-state index contributed by atoms with van der Waals surface area (Å²) in [4.78, 5) is 25.8. The molecule has 0 bridgehead atoms. The summed E-state index contributed by atoms with van der Waals surface area (Å²) in [5.74, 6) is 1.98. The van der Waals surface area contributed by atoms with E-state index >= 15 is 0 Å². The predicted octanol–water partition coefficient (Wildman–Crippen LogP) is 3.55. The zero-order valence-electron chi connectivity index (χ0n) is 16.9. The first-order chi connectivity index (χ1) is 14.7. The molecule has 0 aromatic carbocycles. The Hall–Kier alpha value is -3.49. The highest BCUT2D eigenvalue weighted by molar-refractivity contribution is 5.85. The molecule has 9 nitrogen and oxygen atoms in total. The van der Waals surface area contributed by atoms with Crippen LogP contribution in [0.15, 0.2) is 42.9 Å². The van der Waals surface area contributed by atoms with Crippen molar-refractivity contribution in [2.45, 2.75) is 38.2 Å². The molecule has 4 aromatic rings. The van der Waals surface area contributed by atoms with Crippen molar-refractivity contribution in [1.82, 2.24) is 29.5 Å². The average Bonchev–Trinajstić information content (AvgIpc) is 3.50.